The second-order valence-electron chi connectivity index (χ2n) is 7.46. The normalized spacial score (nSPS) is 17.0. The van der Waals surface area contributed by atoms with Gasteiger partial charge in [-0.1, -0.05) is 24.3 Å². The number of carbonyl (C=O) groups excluding carboxylic acids is 3. The summed E-state index contributed by atoms with van der Waals surface area (Å²) in [4.78, 5) is 39.2. The highest BCUT2D eigenvalue weighted by Crippen LogP contribution is 2.32. The molecule has 0 aromatic heterocycles. The summed E-state index contributed by atoms with van der Waals surface area (Å²) in [5.74, 6) is -2.50. The molecular formula is C24H19FN2O6S. The lowest BCUT2D eigenvalue weighted by molar-refractivity contribution is -0.116. The van der Waals surface area contributed by atoms with Gasteiger partial charge in [0.2, 0.25) is 15.9 Å². The zero-order valence-corrected chi connectivity index (χ0v) is 18.7. The van der Waals surface area contributed by atoms with Gasteiger partial charge in [-0.15, -0.1) is 0 Å². The van der Waals surface area contributed by atoms with E-state index >= 15 is 0 Å². The first kappa shape index (κ1) is 23.3. The molecule has 1 amide bonds. The third-order valence-corrected chi connectivity index (χ3v) is 7.17. The van der Waals surface area contributed by atoms with E-state index in [-0.39, 0.29) is 21.7 Å². The van der Waals surface area contributed by atoms with Crippen LogP contribution in [0.3, 0.4) is 0 Å². The third kappa shape index (κ3) is 4.33. The number of benzene rings is 3. The molecular weight excluding hydrogens is 463 g/mol. The van der Waals surface area contributed by atoms with E-state index < -0.39 is 45.9 Å². The number of sulfonamides is 1. The Balaban J connectivity index is 1.74. The van der Waals surface area contributed by atoms with Gasteiger partial charge in [-0.2, -0.15) is 4.31 Å². The fourth-order valence-corrected chi connectivity index (χ4v) is 5.38. The van der Waals surface area contributed by atoms with Crippen molar-refractivity contribution in [1.29, 1.82) is 0 Å². The van der Waals surface area contributed by atoms with Crippen molar-refractivity contribution in [3.8, 4) is 5.75 Å². The number of carbonyl (C=O) groups is 3. The molecule has 0 spiro atoms. The van der Waals surface area contributed by atoms with Gasteiger partial charge < -0.3 is 10.1 Å². The smallest absolute Gasteiger partial charge is 0.245 e. The number of amides is 1. The van der Waals surface area contributed by atoms with E-state index in [1.807, 2.05) is 0 Å². The van der Waals surface area contributed by atoms with Crippen molar-refractivity contribution in [1.82, 2.24) is 4.31 Å². The summed E-state index contributed by atoms with van der Waals surface area (Å²) < 4.78 is 45.7. The van der Waals surface area contributed by atoms with Crippen molar-refractivity contribution >= 4 is 33.2 Å². The summed E-state index contributed by atoms with van der Waals surface area (Å²) in [6.45, 7) is -0.805. The highest BCUT2D eigenvalue weighted by molar-refractivity contribution is 7.89. The molecule has 0 saturated heterocycles. The second-order valence-corrected chi connectivity index (χ2v) is 9.32. The number of hydrogen-bond acceptors (Lipinski definition) is 6. The van der Waals surface area contributed by atoms with Gasteiger partial charge in [0.15, 0.2) is 17.6 Å². The van der Waals surface area contributed by atoms with Crippen LogP contribution in [0.5, 0.6) is 5.75 Å². The zero-order valence-electron chi connectivity index (χ0n) is 17.9. The molecule has 34 heavy (non-hydrogen) atoms. The maximum absolute atomic E-state index is 13.4. The van der Waals surface area contributed by atoms with Crippen LogP contribution in [0.1, 0.15) is 20.7 Å². The highest BCUT2D eigenvalue weighted by Gasteiger charge is 2.48. The largest absolute Gasteiger partial charge is 0.497 e. The van der Waals surface area contributed by atoms with Gasteiger partial charge in [-0.3, -0.25) is 14.4 Å². The van der Waals surface area contributed by atoms with Crippen LogP contribution < -0.4 is 10.1 Å². The van der Waals surface area contributed by atoms with Crippen LogP contribution in [0, 0.1) is 5.82 Å². The Morgan fingerprint density at radius 1 is 1.03 bits per heavy atom. The maximum atomic E-state index is 13.4. The van der Waals surface area contributed by atoms with E-state index in [0.717, 1.165) is 12.1 Å². The van der Waals surface area contributed by atoms with E-state index in [1.165, 1.54) is 61.7 Å². The Hall–Kier alpha value is -3.89. The zero-order chi connectivity index (χ0) is 24.5. The van der Waals surface area contributed by atoms with Gasteiger partial charge in [0.1, 0.15) is 11.6 Å². The van der Waals surface area contributed by atoms with Gasteiger partial charge in [0.25, 0.3) is 0 Å². The van der Waals surface area contributed by atoms with E-state index in [1.54, 1.807) is 6.07 Å². The molecule has 1 aliphatic rings. The molecule has 10 heteroatoms. The first-order valence-corrected chi connectivity index (χ1v) is 11.5. The standard InChI is InChI=1S/C24H19FN2O6S/c1-33-18-6-4-5-15(13-18)23(29)22-24(30)19-7-2-3-8-20(19)34(31,32)27(22)14-21(28)26-17-11-9-16(25)10-12-17/h2-13,22H,14H2,1H3,(H,26,28). The first-order chi connectivity index (χ1) is 16.2. The number of rotatable bonds is 6. The molecule has 1 aliphatic heterocycles. The lowest BCUT2D eigenvalue weighted by atomic mass is 9.95. The van der Waals surface area contributed by atoms with Crippen LogP contribution >= 0.6 is 0 Å². The number of anilines is 1. The van der Waals surface area contributed by atoms with Gasteiger partial charge >= 0.3 is 0 Å². The van der Waals surface area contributed by atoms with Crippen molar-refractivity contribution in [2.75, 3.05) is 19.0 Å². The number of nitrogens with zero attached hydrogens (tertiary/aromatic N) is 1. The van der Waals surface area contributed by atoms with Crippen molar-refractivity contribution in [3.05, 3.63) is 89.7 Å². The number of fused-ring (bicyclic) bond motifs is 1. The minimum Gasteiger partial charge on any atom is -0.497 e. The fourth-order valence-electron chi connectivity index (χ4n) is 3.67. The first-order valence-electron chi connectivity index (χ1n) is 10.1. The predicted octanol–water partition coefficient (Wildman–Crippen LogP) is 2.91. The van der Waals surface area contributed by atoms with E-state index in [4.69, 9.17) is 4.74 Å². The van der Waals surface area contributed by atoms with E-state index in [0.29, 0.717) is 10.1 Å². The second kappa shape index (κ2) is 9.16. The van der Waals surface area contributed by atoms with Crippen molar-refractivity contribution < 1.29 is 31.9 Å². The molecule has 0 fully saturated rings. The molecule has 4 rings (SSSR count). The number of halogens is 1. The van der Waals surface area contributed by atoms with Crippen molar-refractivity contribution in [2.24, 2.45) is 0 Å². The number of nitrogens with one attached hydrogen (secondary N) is 1. The summed E-state index contributed by atoms with van der Waals surface area (Å²) >= 11 is 0. The minimum atomic E-state index is -4.39. The van der Waals surface area contributed by atoms with Crippen molar-refractivity contribution in [3.63, 3.8) is 0 Å². The van der Waals surface area contributed by atoms with Crippen LogP contribution in [0.4, 0.5) is 10.1 Å². The van der Waals surface area contributed by atoms with Crippen LogP contribution in [-0.4, -0.2) is 49.9 Å². The van der Waals surface area contributed by atoms with Crippen LogP contribution in [0.2, 0.25) is 0 Å². The predicted molar refractivity (Wildman–Crippen MR) is 121 cm³/mol. The number of Topliss-reactive ketones (excluding diaryl/α,β-unsaturated/α-hetero) is 2. The molecule has 1 N–H and O–H groups in total. The Bertz CT molecular complexity index is 1390. The monoisotopic (exact) mass is 482 g/mol. The molecule has 0 bridgehead atoms. The van der Waals surface area contributed by atoms with Gasteiger partial charge in [0.05, 0.1) is 18.6 Å². The van der Waals surface area contributed by atoms with Gasteiger partial charge in [0, 0.05) is 16.8 Å². The lowest BCUT2D eigenvalue weighted by Crippen LogP contribution is -2.55. The molecule has 0 radical (unpaired) electrons. The van der Waals surface area contributed by atoms with E-state index in [9.17, 15) is 27.2 Å². The quantitative estimate of drug-likeness (QED) is 0.427. The maximum Gasteiger partial charge on any atom is 0.245 e. The average Bonchev–Trinajstić information content (AvgIpc) is 2.84. The Morgan fingerprint density at radius 3 is 2.44 bits per heavy atom. The summed E-state index contributed by atoms with van der Waals surface area (Å²) in [5.41, 5.74) is 0.151. The molecule has 8 nitrogen and oxygen atoms in total. The number of hydrogen-bond donors (Lipinski definition) is 1. The number of ether oxygens (including phenoxy) is 1. The summed E-state index contributed by atoms with van der Waals surface area (Å²) in [7, 11) is -2.98. The third-order valence-electron chi connectivity index (χ3n) is 5.31. The van der Waals surface area contributed by atoms with Crippen LogP contribution in [0.15, 0.2) is 77.7 Å². The van der Waals surface area contributed by atoms with Crippen LogP contribution in [0.25, 0.3) is 0 Å². The molecule has 3 aromatic rings. The fraction of sp³-hybridized carbons (Fsp3) is 0.125. The summed E-state index contributed by atoms with van der Waals surface area (Å²) in [5, 5.41) is 2.46. The topological polar surface area (TPSA) is 110 Å². The molecule has 0 saturated carbocycles. The molecule has 3 aromatic carbocycles. The highest BCUT2D eigenvalue weighted by atomic mass is 32.2. The number of ketones is 2. The summed E-state index contributed by atoms with van der Waals surface area (Å²) in [6, 6.07) is 14.6. The van der Waals surface area contributed by atoms with Gasteiger partial charge in [-0.05, 0) is 48.5 Å². The Kier molecular flexibility index (Phi) is 6.27. The van der Waals surface area contributed by atoms with Crippen molar-refractivity contribution in [2.45, 2.75) is 10.9 Å². The van der Waals surface area contributed by atoms with Crippen LogP contribution in [-0.2, 0) is 14.8 Å². The molecule has 1 heterocycles. The number of methoxy groups -OCH3 is 1. The molecule has 1 unspecified atom stereocenters. The lowest BCUT2D eigenvalue weighted by Gasteiger charge is -2.33. The summed E-state index contributed by atoms with van der Waals surface area (Å²) in [6.07, 6.45) is 0. The molecule has 174 valence electrons. The Labute approximate surface area is 195 Å². The van der Waals surface area contributed by atoms with E-state index in [2.05, 4.69) is 5.32 Å². The minimum absolute atomic E-state index is 0.0521. The average molecular weight is 482 g/mol. The van der Waals surface area contributed by atoms with Gasteiger partial charge in [-0.25, -0.2) is 12.8 Å². The Morgan fingerprint density at radius 2 is 1.74 bits per heavy atom. The molecule has 0 aliphatic carbocycles. The SMILES string of the molecule is COc1cccc(C(=O)C2C(=O)c3ccccc3S(=O)(=O)N2CC(=O)Nc2ccc(F)cc2)c1. The molecule has 1 atom stereocenters.